The maximum atomic E-state index is 13.4. The predicted molar refractivity (Wildman–Crippen MR) is 121 cm³/mol. The number of rotatable bonds is 9. The molecule has 0 aliphatic heterocycles. The van der Waals surface area contributed by atoms with Crippen molar-refractivity contribution in [1.29, 1.82) is 0 Å². The number of carbonyl (C=O) groups excluding carboxylic acids is 1. The number of carbonyl (C=O) groups is 1. The van der Waals surface area contributed by atoms with E-state index >= 15 is 0 Å². The lowest BCUT2D eigenvalue weighted by molar-refractivity contribution is -0.127. The number of benzene rings is 2. The first-order valence-corrected chi connectivity index (χ1v) is 10.0. The van der Waals surface area contributed by atoms with Gasteiger partial charge in [-0.1, -0.05) is 48.5 Å². The van der Waals surface area contributed by atoms with E-state index in [2.05, 4.69) is 11.6 Å². The Morgan fingerprint density at radius 1 is 1.10 bits per heavy atom. The van der Waals surface area contributed by atoms with Gasteiger partial charge in [0.15, 0.2) is 0 Å². The van der Waals surface area contributed by atoms with E-state index < -0.39 is 0 Å². The Morgan fingerprint density at radius 2 is 1.90 bits per heavy atom. The second-order valence-corrected chi connectivity index (χ2v) is 7.39. The molecular weight excluding hydrogens is 415 g/mol. The van der Waals surface area contributed by atoms with Crippen LogP contribution in [0.25, 0.3) is 6.08 Å². The highest BCUT2D eigenvalue weighted by atomic mass is 35.5. The Morgan fingerprint density at radius 3 is 2.58 bits per heavy atom. The summed E-state index contributed by atoms with van der Waals surface area (Å²) in [7, 11) is 0. The van der Waals surface area contributed by atoms with Crippen molar-refractivity contribution in [2.24, 2.45) is 0 Å². The van der Waals surface area contributed by atoms with Crippen molar-refractivity contribution in [3.63, 3.8) is 0 Å². The van der Waals surface area contributed by atoms with E-state index in [-0.39, 0.29) is 18.3 Å². The Balaban J connectivity index is 1.74. The van der Waals surface area contributed by atoms with Crippen molar-refractivity contribution in [1.82, 2.24) is 9.88 Å². The van der Waals surface area contributed by atoms with Crippen molar-refractivity contribution >= 4 is 23.6 Å². The van der Waals surface area contributed by atoms with Crippen LogP contribution in [0.5, 0.6) is 5.75 Å². The Labute approximate surface area is 186 Å². The Kier molecular flexibility index (Phi) is 7.96. The number of ether oxygens (including phenoxy) is 1. The molecule has 158 valence electrons. The van der Waals surface area contributed by atoms with Crippen LogP contribution < -0.4 is 4.74 Å². The van der Waals surface area contributed by atoms with E-state index in [0.717, 1.165) is 11.3 Å². The standard InChI is InChI=1S/C25H22ClFN2O2/c1-19(26)18-31-24-11-8-21(9-12-24)16-29(17-23-7-2-3-14-28-23)25(30)13-10-20-5-4-6-22(27)15-20/h2-15H,1,16-18H2/b13-10+. The SMILES string of the molecule is C=C(Cl)COc1ccc(CN(Cc2ccccn2)C(=O)/C=C/c2cccc(F)c2)cc1. The quantitative estimate of drug-likeness (QED) is 0.410. The van der Waals surface area contributed by atoms with Crippen LogP contribution >= 0.6 is 11.6 Å². The molecule has 6 heteroatoms. The van der Waals surface area contributed by atoms with Gasteiger partial charge < -0.3 is 9.64 Å². The minimum absolute atomic E-state index is 0.200. The van der Waals surface area contributed by atoms with Crippen LogP contribution in [-0.2, 0) is 17.9 Å². The summed E-state index contributed by atoms with van der Waals surface area (Å²) in [5.41, 5.74) is 2.32. The van der Waals surface area contributed by atoms with E-state index in [9.17, 15) is 9.18 Å². The Hall–Kier alpha value is -3.44. The first-order chi connectivity index (χ1) is 15.0. The molecule has 0 bridgehead atoms. The molecular formula is C25H22ClFN2O2. The molecule has 1 amide bonds. The van der Waals surface area contributed by atoms with Crippen LogP contribution in [-0.4, -0.2) is 22.4 Å². The van der Waals surface area contributed by atoms with E-state index in [0.29, 0.717) is 29.4 Å². The van der Waals surface area contributed by atoms with Crippen LogP contribution in [0.3, 0.4) is 0 Å². The van der Waals surface area contributed by atoms with E-state index in [1.54, 1.807) is 29.3 Å². The van der Waals surface area contributed by atoms with Crippen LogP contribution in [0.15, 0.2) is 90.6 Å². The fourth-order valence-corrected chi connectivity index (χ4v) is 2.91. The summed E-state index contributed by atoms with van der Waals surface area (Å²) < 4.78 is 18.9. The summed E-state index contributed by atoms with van der Waals surface area (Å²) in [5.74, 6) is 0.118. The number of halogens is 2. The van der Waals surface area contributed by atoms with Crippen molar-refractivity contribution in [2.75, 3.05) is 6.61 Å². The molecule has 0 aliphatic carbocycles. The number of aromatic nitrogens is 1. The van der Waals surface area contributed by atoms with E-state index in [1.165, 1.54) is 18.2 Å². The third kappa shape index (κ3) is 7.39. The van der Waals surface area contributed by atoms with Gasteiger partial charge in [-0.05, 0) is 53.6 Å². The van der Waals surface area contributed by atoms with E-state index in [1.807, 2.05) is 42.5 Å². The van der Waals surface area contributed by atoms with E-state index in [4.69, 9.17) is 16.3 Å². The topological polar surface area (TPSA) is 42.4 Å². The predicted octanol–water partition coefficient (Wildman–Crippen LogP) is 5.59. The largest absolute Gasteiger partial charge is 0.488 e. The van der Waals surface area contributed by atoms with Crippen molar-refractivity contribution in [2.45, 2.75) is 13.1 Å². The summed E-state index contributed by atoms with van der Waals surface area (Å²) in [4.78, 5) is 18.9. The fraction of sp³-hybridized carbons (Fsp3) is 0.120. The monoisotopic (exact) mass is 436 g/mol. The lowest BCUT2D eigenvalue weighted by atomic mass is 10.1. The number of nitrogens with zero attached hydrogens (tertiary/aromatic N) is 2. The van der Waals surface area contributed by atoms with Gasteiger partial charge >= 0.3 is 0 Å². The fourth-order valence-electron chi connectivity index (χ4n) is 2.86. The van der Waals surface area contributed by atoms with Gasteiger partial charge in [0, 0.05) is 23.8 Å². The molecule has 1 aromatic heterocycles. The second kappa shape index (κ2) is 11.1. The minimum Gasteiger partial charge on any atom is -0.488 e. The zero-order chi connectivity index (χ0) is 22.1. The molecule has 2 aromatic carbocycles. The Bertz CT molecular complexity index is 1050. The van der Waals surface area contributed by atoms with Gasteiger partial charge in [-0.25, -0.2) is 4.39 Å². The first-order valence-electron chi connectivity index (χ1n) is 9.67. The summed E-state index contributed by atoms with van der Waals surface area (Å²) in [6, 6.07) is 19.1. The first kappa shape index (κ1) is 22.2. The summed E-state index contributed by atoms with van der Waals surface area (Å²) in [6.45, 7) is 4.55. The normalized spacial score (nSPS) is 10.8. The maximum Gasteiger partial charge on any atom is 0.247 e. The minimum atomic E-state index is -0.347. The zero-order valence-electron chi connectivity index (χ0n) is 16.9. The molecule has 31 heavy (non-hydrogen) atoms. The third-order valence-corrected chi connectivity index (χ3v) is 4.46. The molecule has 0 atom stereocenters. The number of pyridine rings is 1. The molecule has 3 aromatic rings. The molecule has 0 radical (unpaired) electrons. The molecule has 0 fully saturated rings. The smallest absolute Gasteiger partial charge is 0.247 e. The van der Waals surface area contributed by atoms with Gasteiger partial charge in [0.25, 0.3) is 0 Å². The summed E-state index contributed by atoms with van der Waals surface area (Å²) in [5, 5.41) is 0.418. The molecule has 0 spiro atoms. The van der Waals surface area contributed by atoms with Crippen LogP contribution in [0.2, 0.25) is 0 Å². The van der Waals surface area contributed by atoms with Crippen molar-refractivity contribution in [3.05, 3.63) is 113 Å². The molecule has 4 nitrogen and oxygen atoms in total. The highest BCUT2D eigenvalue weighted by molar-refractivity contribution is 6.29. The molecule has 3 rings (SSSR count). The molecule has 0 saturated heterocycles. The third-order valence-electron chi connectivity index (χ3n) is 4.35. The van der Waals surface area contributed by atoms with Crippen LogP contribution in [0.1, 0.15) is 16.8 Å². The van der Waals surface area contributed by atoms with Crippen LogP contribution in [0, 0.1) is 5.82 Å². The van der Waals surface area contributed by atoms with Crippen molar-refractivity contribution in [3.8, 4) is 5.75 Å². The van der Waals surface area contributed by atoms with Gasteiger partial charge in [0.1, 0.15) is 18.2 Å². The molecule has 1 heterocycles. The molecule has 0 aliphatic rings. The van der Waals surface area contributed by atoms with Gasteiger partial charge in [0.2, 0.25) is 5.91 Å². The average molecular weight is 437 g/mol. The highest BCUT2D eigenvalue weighted by Crippen LogP contribution is 2.17. The zero-order valence-corrected chi connectivity index (χ0v) is 17.6. The molecule has 0 saturated carbocycles. The van der Waals surface area contributed by atoms with Gasteiger partial charge in [-0.2, -0.15) is 0 Å². The number of amides is 1. The van der Waals surface area contributed by atoms with Gasteiger partial charge in [-0.15, -0.1) is 0 Å². The molecule has 0 unspecified atom stereocenters. The second-order valence-electron chi connectivity index (χ2n) is 6.85. The van der Waals surface area contributed by atoms with Gasteiger partial charge in [0.05, 0.1) is 12.2 Å². The lowest BCUT2D eigenvalue weighted by Gasteiger charge is -2.21. The average Bonchev–Trinajstić information content (AvgIpc) is 2.77. The maximum absolute atomic E-state index is 13.4. The van der Waals surface area contributed by atoms with Crippen LogP contribution in [0.4, 0.5) is 4.39 Å². The summed E-state index contributed by atoms with van der Waals surface area (Å²) in [6.07, 6.45) is 4.74. The van der Waals surface area contributed by atoms with Crippen molar-refractivity contribution < 1.29 is 13.9 Å². The molecule has 0 N–H and O–H groups in total. The number of hydrogen-bond donors (Lipinski definition) is 0. The summed E-state index contributed by atoms with van der Waals surface area (Å²) >= 11 is 5.73. The number of hydrogen-bond acceptors (Lipinski definition) is 3. The highest BCUT2D eigenvalue weighted by Gasteiger charge is 2.13. The van der Waals surface area contributed by atoms with Gasteiger partial charge in [-0.3, -0.25) is 9.78 Å². The lowest BCUT2D eigenvalue weighted by Crippen LogP contribution is -2.28.